The van der Waals surface area contributed by atoms with Crippen molar-refractivity contribution in [2.24, 2.45) is 5.92 Å². The van der Waals surface area contributed by atoms with Gasteiger partial charge in [0.25, 0.3) is 0 Å². The van der Waals surface area contributed by atoms with Gasteiger partial charge < -0.3 is 9.84 Å². The van der Waals surface area contributed by atoms with Crippen LogP contribution in [-0.2, 0) is 11.3 Å². The van der Waals surface area contributed by atoms with Gasteiger partial charge in [0.05, 0.1) is 24.9 Å². The molecule has 1 saturated heterocycles. The van der Waals surface area contributed by atoms with Crippen LogP contribution >= 0.6 is 0 Å². The Morgan fingerprint density at radius 3 is 3.18 bits per heavy atom. The van der Waals surface area contributed by atoms with Gasteiger partial charge in [-0.15, -0.1) is 0 Å². The van der Waals surface area contributed by atoms with Crippen molar-refractivity contribution in [2.45, 2.75) is 19.0 Å². The van der Waals surface area contributed by atoms with E-state index in [1.165, 1.54) is 4.90 Å². The van der Waals surface area contributed by atoms with E-state index in [1.807, 2.05) is 12.1 Å². The number of hydrogen-bond donors (Lipinski definition) is 1. The van der Waals surface area contributed by atoms with E-state index in [2.05, 4.69) is 4.98 Å². The van der Waals surface area contributed by atoms with Crippen LogP contribution in [-0.4, -0.2) is 34.3 Å². The van der Waals surface area contributed by atoms with Crippen LogP contribution in [0.15, 0.2) is 18.3 Å². The maximum absolute atomic E-state index is 11.3. The van der Waals surface area contributed by atoms with Gasteiger partial charge in [-0.2, -0.15) is 0 Å². The third-order valence-electron chi connectivity index (χ3n) is 3.54. The monoisotopic (exact) mass is 234 g/mol. The van der Waals surface area contributed by atoms with Gasteiger partial charge in [0.2, 0.25) is 0 Å². The second-order valence-corrected chi connectivity index (χ2v) is 4.53. The molecule has 1 aromatic rings. The van der Waals surface area contributed by atoms with Crippen LogP contribution in [0.25, 0.3) is 0 Å². The largest absolute Gasteiger partial charge is 0.465 e. The molecule has 0 spiro atoms. The van der Waals surface area contributed by atoms with Crippen LogP contribution in [0.2, 0.25) is 0 Å². The molecule has 1 amide bonds. The van der Waals surface area contributed by atoms with Gasteiger partial charge >= 0.3 is 6.09 Å². The summed E-state index contributed by atoms with van der Waals surface area (Å²) in [5.41, 5.74) is 1.93. The Balaban J connectivity index is 1.98. The van der Waals surface area contributed by atoms with E-state index in [0.717, 1.165) is 24.3 Å². The molecule has 0 saturated carbocycles. The second kappa shape index (κ2) is 4.00. The van der Waals surface area contributed by atoms with Crippen LogP contribution in [0.3, 0.4) is 0 Å². The van der Waals surface area contributed by atoms with Crippen molar-refractivity contribution in [1.29, 1.82) is 0 Å². The normalized spacial score (nSPS) is 27.2. The Labute approximate surface area is 99.0 Å². The third kappa shape index (κ3) is 1.67. The molecule has 5 heteroatoms. The van der Waals surface area contributed by atoms with Crippen molar-refractivity contribution in [2.75, 3.05) is 13.2 Å². The number of fused-ring (bicyclic) bond motifs is 1. The standard InChI is InChI=1S/C12H14N2O3/c15-12(16)14-6-8-2-1-4-13-10(8)11(14)9-3-5-17-7-9/h1-2,4,9,11H,3,5-7H2,(H,15,16). The molecule has 2 unspecified atom stereocenters. The highest BCUT2D eigenvalue weighted by Crippen LogP contribution is 2.40. The summed E-state index contributed by atoms with van der Waals surface area (Å²) < 4.78 is 5.37. The first-order chi connectivity index (χ1) is 8.27. The average molecular weight is 234 g/mol. The molecule has 2 aliphatic rings. The maximum atomic E-state index is 11.3. The Hall–Kier alpha value is -1.62. The molecule has 1 aromatic heterocycles. The molecule has 17 heavy (non-hydrogen) atoms. The van der Waals surface area contributed by atoms with E-state index in [9.17, 15) is 9.90 Å². The highest BCUT2D eigenvalue weighted by Gasteiger charge is 2.41. The molecule has 2 atom stereocenters. The lowest BCUT2D eigenvalue weighted by Gasteiger charge is -2.25. The van der Waals surface area contributed by atoms with Crippen LogP contribution < -0.4 is 0 Å². The smallest absolute Gasteiger partial charge is 0.408 e. The zero-order chi connectivity index (χ0) is 11.8. The van der Waals surface area contributed by atoms with Crippen LogP contribution in [0, 0.1) is 5.92 Å². The van der Waals surface area contributed by atoms with Crippen molar-refractivity contribution in [3.05, 3.63) is 29.6 Å². The molecule has 2 aliphatic heterocycles. The fourth-order valence-corrected chi connectivity index (χ4v) is 2.75. The van der Waals surface area contributed by atoms with Crippen molar-refractivity contribution in [3.8, 4) is 0 Å². The molecule has 3 rings (SSSR count). The molecule has 1 fully saturated rings. The molecule has 90 valence electrons. The van der Waals surface area contributed by atoms with E-state index < -0.39 is 6.09 Å². The van der Waals surface area contributed by atoms with E-state index in [1.54, 1.807) is 6.20 Å². The molecule has 1 N–H and O–H groups in total. The minimum Gasteiger partial charge on any atom is -0.465 e. The first kappa shape index (κ1) is 10.5. The molecule has 3 heterocycles. The third-order valence-corrected chi connectivity index (χ3v) is 3.54. The number of amides is 1. The van der Waals surface area contributed by atoms with Gasteiger partial charge in [0.1, 0.15) is 0 Å². The summed E-state index contributed by atoms with van der Waals surface area (Å²) in [6.45, 7) is 1.79. The lowest BCUT2D eigenvalue weighted by Crippen LogP contribution is -2.33. The number of hydrogen-bond acceptors (Lipinski definition) is 3. The predicted molar refractivity (Wildman–Crippen MR) is 59.5 cm³/mol. The topological polar surface area (TPSA) is 62.7 Å². The lowest BCUT2D eigenvalue weighted by molar-refractivity contribution is 0.101. The minimum atomic E-state index is -0.875. The van der Waals surface area contributed by atoms with Gasteiger partial charge in [0, 0.05) is 18.7 Å². The summed E-state index contributed by atoms with van der Waals surface area (Å²) in [6, 6.07) is 3.67. The summed E-state index contributed by atoms with van der Waals surface area (Å²) in [7, 11) is 0. The highest BCUT2D eigenvalue weighted by atomic mass is 16.5. The number of nitrogens with zero attached hydrogens (tertiary/aromatic N) is 2. The van der Waals surface area contributed by atoms with Crippen molar-refractivity contribution < 1.29 is 14.6 Å². The average Bonchev–Trinajstić information content (AvgIpc) is 2.94. The number of aromatic nitrogens is 1. The fourth-order valence-electron chi connectivity index (χ4n) is 2.75. The van der Waals surface area contributed by atoms with E-state index in [0.29, 0.717) is 13.2 Å². The van der Waals surface area contributed by atoms with Crippen molar-refractivity contribution >= 4 is 6.09 Å². The van der Waals surface area contributed by atoms with Crippen molar-refractivity contribution in [1.82, 2.24) is 9.88 Å². The van der Waals surface area contributed by atoms with Crippen molar-refractivity contribution in [3.63, 3.8) is 0 Å². The zero-order valence-electron chi connectivity index (χ0n) is 9.37. The van der Waals surface area contributed by atoms with E-state index in [-0.39, 0.29) is 12.0 Å². The molecular formula is C12H14N2O3. The second-order valence-electron chi connectivity index (χ2n) is 4.53. The molecule has 0 aromatic carbocycles. The summed E-state index contributed by atoms with van der Waals surface area (Å²) >= 11 is 0. The van der Waals surface area contributed by atoms with E-state index in [4.69, 9.17) is 4.74 Å². The SMILES string of the molecule is O=C(O)N1Cc2cccnc2C1C1CCOC1. The number of carboxylic acid groups (broad SMARTS) is 1. The van der Waals surface area contributed by atoms with Crippen LogP contribution in [0.4, 0.5) is 4.79 Å². The molecule has 5 nitrogen and oxygen atoms in total. The molecule has 0 bridgehead atoms. The number of pyridine rings is 1. The molecule has 0 radical (unpaired) electrons. The Morgan fingerprint density at radius 2 is 2.47 bits per heavy atom. The van der Waals surface area contributed by atoms with Crippen LogP contribution in [0.5, 0.6) is 0 Å². The molecule has 0 aliphatic carbocycles. The van der Waals surface area contributed by atoms with Gasteiger partial charge in [-0.1, -0.05) is 6.07 Å². The first-order valence-corrected chi connectivity index (χ1v) is 5.78. The Morgan fingerprint density at radius 1 is 1.59 bits per heavy atom. The quantitative estimate of drug-likeness (QED) is 0.802. The maximum Gasteiger partial charge on any atom is 0.408 e. The number of carbonyl (C=O) groups is 1. The molecular weight excluding hydrogens is 220 g/mol. The lowest BCUT2D eigenvalue weighted by atomic mass is 9.96. The number of ether oxygens (including phenoxy) is 1. The minimum absolute atomic E-state index is 0.133. The van der Waals surface area contributed by atoms with Gasteiger partial charge in [-0.05, 0) is 18.1 Å². The summed E-state index contributed by atoms with van der Waals surface area (Å²) in [6.07, 6.45) is 1.76. The summed E-state index contributed by atoms with van der Waals surface area (Å²) in [5, 5.41) is 9.27. The van der Waals surface area contributed by atoms with Gasteiger partial charge in [0.15, 0.2) is 0 Å². The fraction of sp³-hybridized carbons (Fsp3) is 0.500. The summed E-state index contributed by atoms with van der Waals surface area (Å²) in [5.74, 6) is 0.238. The Bertz CT molecular complexity index is 443. The zero-order valence-corrected chi connectivity index (χ0v) is 9.37. The van der Waals surface area contributed by atoms with Gasteiger partial charge in [-0.25, -0.2) is 4.79 Å². The summed E-state index contributed by atoms with van der Waals surface area (Å²) in [4.78, 5) is 17.1. The Kier molecular flexibility index (Phi) is 2.48. The predicted octanol–water partition coefficient (Wildman–Crippen LogP) is 1.65. The number of rotatable bonds is 1. The van der Waals surface area contributed by atoms with Gasteiger partial charge in [-0.3, -0.25) is 9.88 Å². The highest BCUT2D eigenvalue weighted by molar-refractivity contribution is 5.67. The first-order valence-electron chi connectivity index (χ1n) is 5.78. The van der Waals surface area contributed by atoms with E-state index >= 15 is 0 Å². The van der Waals surface area contributed by atoms with Crippen LogP contribution in [0.1, 0.15) is 23.7 Å².